The number of carbonyl (C=O) groups excluding carboxylic acids is 1. The molecule has 1 atom stereocenters. The Morgan fingerprint density at radius 3 is 2.75 bits per heavy atom. The number of nitrogens with one attached hydrogen (secondary N) is 1. The zero-order valence-corrected chi connectivity index (χ0v) is 11.5. The molecule has 0 aliphatic rings. The summed E-state index contributed by atoms with van der Waals surface area (Å²) in [6.07, 6.45) is 1.34. The highest BCUT2D eigenvalue weighted by Crippen LogP contribution is 2.26. The van der Waals surface area contributed by atoms with E-state index in [1.165, 1.54) is 11.2 Å². The van der Waals surface area contributed by atoms with Crippen LogP contribution in [0.4, 0.5) is 5.82 Å². The van der Waals surface area contributed by atoms with Crippen LogP contribution in [0.3, 0.4) is 0 Å². The fourth-order valence-corrected chi connectivity index (χ4v) is 1.56. The molecule has 16 heavy (non-hydrogen) atoms. The molecule has 1 unspecified atom stereocenters. The average molecular weight is 308 g/mol. The minimum Gasteiger partial charge on any atom is -0.358 e. The van der Waals surface area contributed by atoms with Crippen LogP contribution in [0, 0.1) is 0 Å². The highest BCUT2D eigenvalue weighted by Gasteiger charge is 2.17. The molecule has 0 bridgehead atoms. The minimum absolute atomic E-state index is 0.0402. The second kappa shape index (κ2) is 5.45. The Morgan fingerprint density at radius 2 is 2.19 bits per heavy atom. The second-order valence-corrected chi connectivity index (χ2v) is 4.58. The van der Waals surface area contributed by atoms with Gasteiger partial charge in [0.2, 0.25) is 5.91 Å². The summed E-state index contributed by atoms with van der Waals surface area (Å²) in [7, 11) is 3.39. The molecule has 0 saturated carbocycles. The van der Waals surface area contributed by atoms with E-state index in [1.54, 1.807) is 21.0 Å². The summed E-state index contributed by atoms with van der Waals surface area (Å²) in [5, 5.41) is 3.27. The van der Waals surface area contributed by atoms with Crippen LogP contribution in [0.1, 0.15) is 6.92 Å². The number of anilines is 1. The number of carbonyl (C=O) groups is 1. The van der Waals surface area contributed by atoms with Crippen LogP contribution >= 0.6 is 27.5 Å². The van der Waals surface area contributed by atoms with Crippen molar-refractivity contribution in [3.05, 3.63) is 16.0 Å². The number of hydrogen-bond acceptors (Lipinski definition) is 4. The van der Waals surface area contributed by atoms with Crippen molar-refractivity contribution in [3.8, 4) is 0 Å². The first kappa shape index (κ1) is 13.2. The highest BCUT2D eigenvalue weighted by atomic mass is 79.9. The Morgan fingerprint density at radius 1 is 1.56 bits per heavy atom. The lowest BCUT2D eigenvalue weighted by molar-refractivity contribution is -0.129. The first-order chi connectivity index (χ1) is 7.43. The van der Waals surface area contributed by atoms with Crippen LogP contribution in [0.2, 0.25) is 5.15 Å². The Hall–Kier alpha value is -0.880. The van der Waals surface area contributed by atoms with Crippen molar-refractivity contribution in [1.82, 2.24) is 14.9 Å². The maximum atomic E-state index is 11.6. The summed E-state index contributed by atoms with van der Waals surface area (Å²) >= 11 is 9.06. The molecule has 0 fully saturated rings. The molecule has 1 rings (SSSR count). The molecule has 1 aromatic rings. The third-order valence-electron chi connectivity index (χ3n) is 1.91. The molecule has 1 N–H and O–H groups in total. The van der Waals surface area contributed by atoms with Gasteiger partial charge in [-0.15, -0.1) is 0 Å². The van der Waals surface area contributed by atoms with Crippen molar-refractivity contribution in [2.45, 2.75) is 13.0 Å². The lowest BCUT2D eigenvalue weighted by Crippen LogP contribution is -2.36. The van der Waals surface area contributed by atoms with Crippen molar-refractivity contribution in [2.75, 3.05) is 19.4 Å². The monoisotopic (exact) mass is 306 g/mol. The molecule has 0 radical (unpaired) electrons. The predicted molar refractivity (Wildman–Crippen MR) is 66.5 cm³/mol. The van der Waals surface area contributed by atoms with Crippen molar-refractivity contribution in [3.63, 3.8) is 0 Å². The Labute approximate surface area is 107 Å². The molecular formula is C9H12BrClN4O. The van der Waals surface area contributed by atoms with E-state index in [1.807, 2.05) is 0 Å². The Kier molecular flexibility index (Phi) is 4.49. The van der Waals surface area contributed by atoms with Crippen molar-refractivity contribution in [1.29, 1.82) is 0 Å². The average Bonchev–Trinajstić information content (AvgIpc) is 2.23. The largest absolute Gasteiger partial charge is 0.358 e. The summed E-state index contributed by atoms with van der Waals surface area (Å²) in [6.45, 7) is 1.75. The molecule has 1 aromatic heterocycles. The SMILES string of the molecule is CC(Nc1ncnc(Cl)c1Br)C(=O)N(C)C. The van der Waals surface area contributed by atoms with Crippen molar-refractivity contribution < 1.29 is 4.79 Å². The number of nitrogens with zero attached hydrogens (tertiary/aromatic N) is 3. The van der Waals surface area contributed by atoms with Gasteiger partial charge in [-0.2, -0.15) is 0 Å². The zero-order chi connectivity index (χ0) is 12.3. The van der Waals surface area contributed by atoms with Crippen LogP contribution in [0.15, 0.2) is 10.8 Å². The molecule has 0 aromatic carbocycles. The number of halogens is 2. The summed E-state index contributed by atoms with van der Waals surface area (Å²) in [6, 6.07) is -0.378. The van der Waals surface area contributed by atoms with E-state index in [0.29, 0.717) is 15.4 Å². The molecule has 1 amide bonds. The molecule has 5 nitrogen and oxygen atoms in total. The van der Waals surface area contributed by atoms with Gasteiger partial charge < -0.3 is 10.2 Å². The van der Waals surface area contributed by atoms with Gasteiger partial charge in [-0.05, 0) is 22.9 Å². The van der Waals surface area contributed by atoms with Crippen LogP contribution in [0.25, 0.3) is 0 Å². The molecule has 1 heterocycles. The number of likely N-dealkylation sites (N-methyl/N-ethyl adjacent to an activating group) is 1. The van der Waals surface area contributed by atoms with Crippen LogP contribution < -0.4 is 5.32 Å². The van der Waals surface area contributed by atoms with E-state index in [2.05, 4.69) is 31.2 Å². The topological polar surface area (TPSA) is 58.1 Å². The third kappa shape index (κ3) is 3.05. The summed E-state index contributed by atoms with van der Waals surface area (Å²) in [5.41, 5.74) is 0. The fourth-order valence-electron chi connectivity index (χ4n) is 1.10. The highest BCUT2D eigenvalue weighted by molar-refractivity contribution is 9.10. The summed E-state index contributed by atoms with van der Waals surface area (Å²) in [4.78, 5) is 20.9. The van der Waals surface area contributed by atoms with Gasteiger partial charge >= 0.3 is 0 Å². The Balaban J connectivity index is 2.81. The number of amides is 1. The van der Waals surface area contributed by atoms with E-state index >= 15 is 0 Å². The molecule has 0 aliphatic carbocycles. The first-order valence-electron chi connectivity index (χ1n) is 4.57. The van der Waals surface area contributed by atoms with Crippen LogP contribution in [-0.4, -0.2) is 40.9 Å². The van der Waals surface area contributed by atoms with Crippen molar-refractivity contribution in [2.24, 2.45) is 0 Å². The van der Waals surface area contributed by atoms with Gasteiger partial charge in [0.05, 0.1) is 4.47 Å². The lowest BCUT2D eigenvalue weighted by atomic mass is 10.3. The smallest absolute Gasteiger partial charge is 0.244 e. The lowest BCUT2D eigenvalue weighted by Gasteiger charge is -2.18. The van der Waals surface area contributed by atoms with Gasteiger partial charge in [0, 0.05) is 14.1 Å². The summed E-state index contributed by atoms with van der Waals surface area (Å²) < 4.78 is 0.551. The van der Waals surface area contributed by atoms with Gasteiger partial charge in [-0.25, -0.2) is 9.97 Å². The van der Waals surface area contributed by atoms with Gasteiger partial charge in [0.1, 0.15) is 23.3 Å². The van der Waals surface area contributed by atoms with Crippen LogP contribution in [-0.2, 0) is 4.79 Å². The maximum Gasteiger partial charge on any atom is 0.244 e. The van der Waals surface area contributed by atoms with E-state index in [-0.39, 0.29) is 11.9 Å². The standard InChI is InChI=1S/C9H12BrClN4O/c1-5(9(16)15(2)3)14-8-6(10)7(11)12-4-13-8/h4-5H,1-3H3,(H,12,13,14). The van der Waals surface area contributed by atoms with Crippen LogP contribution in [0.5, 0.6) is 0 Å². The first-order valence-corrected chi connectivity index (χ1v) is 5.74. The molecule has 88 valence electrons. The number of rotatable bonds is 3. The van der Waals surface area contributed by atoms with Gasteiger partial charge in [-0.3, -0.25) is 4.79 Å². The molecular weight excluding hydrogens is 295 g/mol. The quantitative estimate of drug-likeness (QED) is 0.865. The third-order valence-corrected chi connectivity index (χ3v) is 3.18. The van der Waals surface area contributed by atoms with Gasteiger partial charge in [-0.1, -0.05) is 11.6 Å². The van der Waals surface area contributed by atoms with Crippen molar-refractivity contribution >= 4 is 39.3 Å². The van der Waals surface area contributed by atoms with E-state index in [0.717, 1.165) is 0 Å². The number of hydrogen-bond donors (Lipinski definition) is 1. The molecule has 0 aliphatic heterocycles. The van der Waals surface area contributed by atoms with Gasteiger partial charge in [0.15, 0.2) is 0 Å². The van der Waals surface area contributed by atoms with E-state index < -0.39 is 0 Å². The minimum atomic E-state index is -0.378. The summed E-state index contributed by atoms with van der Waals surface area (Å²) in [5.74, 6) is 0.462. The fraction of sp³-hybridized carbons (Fsp3) is 0.444. The van der Waals surface area contributed by atoms with E-state index in [4.69, 9.17) is 11.6 Å². The molecule has 0 saturated heterocycles. The Bertz CT molecular complexity index is 399. The molecule has 7 heteroatoms. The second-order valence-electron chi connectivity index (χ2n) is 3.43. The zero-order valence-electron chi connectivity index (χ0n) is 9.16. The van der Waals surface area contributed by atoms with E-state index in [9.17, 15) is 4.79 Å². The normalized spacial score (nSPS) is 12.1. The maximum absolute atomic E-state index is 11.6. The predicted octanol–water partition coefficient (Wildman–Crippen LogP) is 1.78. The number of aromatic nitrogens is 2. The van der Waals surface area contributed by atoms with Gasteiger partial charge in [0.25, 0.3) is 0 Å². The molecule has 0 spiro atoms.